The van der Waals surface area contributed by atoms with E-state index in [0.29, 0.717) is 5.58 Å². The number of aromatic nitrogens is 1. The zero-order valence-corrected chi connectivity index (χ0v) is 9.56. The zero-order valence-electron chi connectivity index (χ0n) is 7.99. The minimum absolute atomic E-state index is 0.0847. The van der Waals surface area contributed by atoms with Gasteiger partial charge in [0.1, 0.15) is 5.52 Å². The highest BCUT2D eigenvalue weighted by Gasteiger charge is 2.14. The van der Waals surface area contributed by atoms with E-state index < -0.39 is 0 Å². The zero-order chi connectivity index (χ0) is 10.8. The maximum absolute atomic E-state index is 11.3. The molecule has 0 aliphatic carbocycles. The average Bonchev–Trinajstić information content (AvgIpc) is 2.71. The highest BCUT2D eigenvalue weighted by atomic mass is 35.5. The molecule has 1 aromatic heterocycles. The number of nitrogens with zero attached hydrogens (tertiary/aromatic N) is 1. The predicted molar refractivity (Wildman–Crippen MR) is 60.8 cm³/mol. The first-order valence-electron chi connectivity index (χ1n) is 4.29. The number of halogens is 1. The summed E-state index contributed by atoms with van der Waals surface area (Å²) in [5.41, 5.74) is 1.34. The molecule has 0 saturated heterocycles. The number of hydrogen-bond donors (Lipinski definition) is 0. The first-order valence-corrected chi connectivity index (χ1v) is 6.05. The van der Waals surface area contributed by atoms with Gasteiger partial charge < -0.3 is 4.42 Å². The summed E-state index contributed by atoms with van der Waals surface area (Å²) in [4.78, 5) is 16.4. The van der Waals surface area contributed by atoms with E-state index in [2.05, 4.69) is 4.98 Å². The van der Waals surface area contributed by atoms with Crippen molar-refractivity contribution in [1.29, 1.82) is 0 Å². The minimum Gasteiger partial charge on any atom is -0.434 e. The molecule has 15 heavy (non-hydrogen) atoms. The third-order valence-corrected chi connectivity index (χ3v) is 2.97. The van der Waals surface area contributed by atoms with Crippen LogP contribution in [0.5, 0.6) is 0 Å². The molecular weight excluding hydrogens is 234 g/mol. The number of benzene rings is 1. The van der Waals surface area contributed by atoms with Gasteiger partial charge in [-0.25, -0.2) is 4.98 Å². The summed E-state index contributed by atoms with van der Waals surface area (Å²) >= 11 is 7.00. The summed E-state index contributed by atoms with van der Waals surface area (Å²) in [6, 6.07) is 5.59. The van der Waals surface area contributed by atoms with Crippen molar-refractivity contribution in [2.24, 2.45) is 0 Å². The third kappa shape index (κ3) is 1.87. The van der Waals surface area contributed by atoms with Crippen LogP contribution in [0.25, 0.3) is 11.1 Å². The van der Waals surface area contributed by atoms with E-state index in [-0.39, 0.29) is 17.6 Å². The van der Waals surface area contributed by atoms with Gasteiger partial charge in [-0.05, 0) is 18.4 Å². The number of para-hydroxylation sites is 1. The number of rotatable bonds is 3. The van der Waals surface area contributed by atoms with Crippen LogP contribution in [0.15, 0.2) is 27.5 Å². The first-order chi connectivity index (χ1) is 7.26. The Morgan fingerprint density at radius 1 is 1.60 bits per heavy atom. The summed E-state index contributed by atoms with van der Waals surface area (Å²) in [6.45, 7) is 0. The van der Waals surface area contributed by atoms with Crippen molar-refractivity contribution < 1.29 is 9.21 Å². The molecule has 0 aliphatic rings. The second-order valence-corrected chi connectivity index (χ2v) is 4.00. The molecule has 0 bridgehead atoms. The fourth-order valence-corrected chi connectivity index (χ4v) is 1.93. The van der Waals surface area contributed by atoms with Gasteiger partial charge in [0, 0.05) is 4.90 Å². The van der Waals surface area contributed by atoms with Crippen molar-refractivity contribution in [2.45, 2.75) is 4.90 Å². The second-order valence-electron chi connectivity index (χ2n) is 2.88. The van der Waals surface area contributed by atoms with Crippen molar-refractivity contribution in [1.82, 2.24) is 4.98 Å². The van der Waals surface area contributed by atoms with Crippen LogP contribution in [-0.4, -0.2) is 22.9 Å². The normalized spacial score (nSPS) is 10.8. The first kappa shape index (κ1) is 10.5. The van der Waals surface area contributed by atoms with Crippen LogP contribution in [0.1, 0.15) is 10.7 Å². The Hall–Kier alpha value is -1.000. The molecular formula is C10H8ClNO2S. The number of alkyl halides is 1. The van der Waals surface area contributed by atoms with E-state index >= 15 is 0 Å². The molecule has 2 rings (SSSR count). The molecule has 0 unspecified atom stereocenters. The van der Waals surface area contributed by atoms with Crippen LogP contribution >= 0.6 is 23.4 Å². The average molecular weight is 242 g/mol. The molecule has 0 spiro atoms. The van der Waals surface area contributed by atoms with Crippen molar-refractivity contribution >= 4 is 40.2 Å². The van der Waals surface area contributed by atoms with Gasteiger partial charge in [0.2, 0.25) is 5.78 Å². The molecule has 78 valence electrons. The van der Waals surface area contributed by atoms with Gasteiger partial charge in [-0.2, -0.15) is 0 Å². The van der Waals surface area contributed by atoms with Crippen LogP contribution in [0.4, 0.5) is 0 Å². The molecule has 0 atom stereocenters. The maximum atomic E-state index is 11.3. The Balaban J connectivity index is 2.60. The number of carbonyl (C=O) groups is 1. The number of thioether (sulfide) groups is 1. The molecule has 1 aromatic carbocycles. The number of carbonyl (C=O) groups excluding carboxylic acids is 1. The number of oxazole rings is 1. The Bertz CT molecular complexity index is 509. The lowest BCUT2D eigenvalue weighted by Gasteiger charge is -1.93. The van der Waals surface area contributed by atoms with Crippen LogP contribution in [0, 0.1) is 0 Å². The Morgan fingerprint density at radius 3 is 3.07 bits per heavy atom. The third-order valence-electron chi connectivity index (χ3n) is 1.96. The summed E-state index contributed by atoms with van der Waals surface area (Å²) < 4.78 is 5.30. The van der Waals surface area contributed by atoms with Gasteiger partial charge in [0.25, 0.3) is 5.89 Å². The van der Waals surface area contributed by atoms with Crippen molar-refractivity contribution in [3.05, 3.63) is 24.1 Å². The largest absolute Gasteiger partial charge is 0.434 e. The van der Waals surface area contributed by atoms with Crippen LogP contribution in [0.2, 0.25) is 0 Å². The number of Topliss-reactive ketones (excluding diaryl/α,β-unsaturated/α-hetero) is 1. The van der Waals surface area contributed by atoms with E-state index in [1.165, 1.54) is 0 Å². The van der Waals surface area contributed by atoms with Gasteiger partial charge in [-0.3, -0.25) is 4.79 Å². The van der Waals surface area contributed by atoms with E-state index in [1.54, 1.807) is 17.8 Å². The highest BCUT2D eigenvalue weighted by Crippen LogP contribution is 2.26. The lowest BCUT2D eigenvalue weighted by molar-refractivity contribution is 0.0986. The molecule has 0 aliphatic heterocycles. The van der Waals surface area contributed by atoms with Gasteiger partial charge >= 0.3 is 0 Å². The van der Waals surface area contributed by atoms with Gasteiger partial charge in [0.05, 0.1) is 5.88 Å². The van der Waals surface area contributed by atoms with E-state index in [0.717, 1.165) is 10.4 Å². The van der Waals surface area contributed by atoms with Crippen molar-refractivity contribution in [2.75, 3.05) is 12.1 Å². The van der Waals surface area contributed by atoms with E-state index in [4.69, 9.17) is 16.0 Å². The monoisotopic (exact) mass is 241 g/mol. The smallest absolute Gasteiger partial charge is 0.265 e. The standard InChI is InChI=1S/C10H8ClNO2S/c1-15-8-4-2-3-7-9(8)12-10(14-7)6(13)5-11/h2-4H,5H2,1H3. The molecule has 0 amide bonds. The summed E-state index contributed by atoms with van der Waals surface area (Å²) in [7, 11) is 0. The molecule has 0 N–H and O–H groups in total. The summed E-state index contributed by atoms with van der Waals surface area (Å²) in [5.74, 6) is -0.317. The number of hydrogen-bond acceptors (Lipinski definition) is 4. The van der Waals surface area contributed by atoms with Crippen LogP contribution in [0.3, 0.4) is 0 Å². The number of fused-ring (bicyclic) bond motifs is 1. The van der Waals surface area contributed by atoms with Gasteiger partial charge in [-0.1, -0.05) is 6.07 Å². The highest BCUT2D eigenvalue weighted by molar-refractivity contribution is 7.98. The quantitative estimate of drug-likeness (QED) is 0.471. The minimum atomic E-state index is -0.292. The van der Waals surface area contributed by atoms with Gasteiger partial charge in [-0.15, -0.1) is 23.4 Å². The maximum Gasteiger partial charge on any atom is 0.265 e. The Morgan fingerprint density at radius 2 is 2.40 bits per heavy atom. The molecule has 0 radical (unpaired) electrons. The lowest BCUT2D eigenvalue weighted by Crippen LogP contribution is -1.99. The predicted octanol–water partition coefficient (Wildman–Crippen LogP) is 2.97. The van der Waals surface area contributed by atoms with E-state index in [9.17, 15) is 4.79 Å². The molecule has 2 aromatic rings. The fourth-order valence-electron chi connectivity index (χ4n) is 1.26. The SMILES string of the molecule is CSc1cccc2oc(C(=O)CCl)nc12. The van der Waals surface area contributed by atoms with E-state index in [1.807, 2.05) is 18.4 Å². The molecule has 0 fully saturated rings. The topological polar surface area (TPSA) is 43.1 Å². The van der Waals surface area contributed by atoms with Crippen molar-refractivity contribution in [3.63, 3.8) is 0 Å². The summed E-state index contributed by atoms with van der Waals surface area (Å²) in [6.07, 6.45) is 1.95. The Kier molecular flexibility index (Phi) is 2.98. The van der Waals surface area contributed by atoms with Crippen LogP contribution in [-0.2, 0) is 0 Å². The van der Waals surface area contributed by atoms with Gasteiger partial charge in [0.15, 0.2) is 5.58 Å². The number of ketones is 1. The molecule has 3 nitrogen and oxygen atoms in total. The molecule has 0 saturated carbocycles. The summed E-state index contributed by atoms with van der Waals surface area (Å²) in [5, 5.41) is 0. The molecule has 1 heterocycles. The fraction of sp³-hybridized carbons (Fsp3) is 0.200. The van der Waals surface area contributed by atoms with Crippen LogP contribution < -0.4 is 0 Å². The Labute approximate surface area is 95.8 Å². The van der Waals surface area contributed by atoms with Crippen molar-refractivity contribution in [3.8, 4) is 0 Å². The second kappa shape index (κ2) is 4.24. The lowest BCUT2D eigenvalue weighted by atomic mass is 10.3. The molecule has 5 heteroatoms.